The first kappa shape index (κ1) is 16.0. The average Bonchev–Trinajstić information content (AvgIpc) is 2.46. The lowest BCUT2D eigenvalue weighted by molar-refractivity contribution is 0.299. The summed E-state index contributed by atoms with van der Waals surface area (Å²) >= 11 is 0. The van der Waals surface area contributed by atoms with Gasteiger partial charge in [0.25, 0.3) is 0 Å². The monoisotopic (exact) mass is 263 g/mol. The Labute approximate surface area is 118 Å². The van der Waals surface area contributed by atoms with Crippen molar-refractivity contribution in [2.24, 2.45) is 5.73 Å². The molecule has 0 aliphatic carbocycles. The maximum absolute atomic E-state index is 6.10. The molecule has 19 heavy (non-hydrogen) atoms. The second kappa shape index (κ2) is 9.85. The molecule has 2 heteroatoms. The van der Waals surface area contributed by atoms with Crippen LogP contribution < -0.4 is 10.5 Å². The van der Waals surface area contributed by atoms with Crippen LogP contribution in [0.1, 0.15) is 70.4 Å². The molecule has 0 fully saturated rings. The summed E-state index contributed by atoms with van der Waals surface area (Å²) in [5.41, 5.74) is 7.24. The number of nitrogens with two attached hydrogens (primary N) is 1. The number of unbranched alkanes of at least 4 members (excludes halogenated alkanes) is 5. The van der Waals surface area contributed by atoms with Gasteiger partial charge in [0, 0.05) is 11.6 Å². The van der Waals surface area contributed by atoms with Gasteiger partial charge in [-0.1, -0.05) is 64.2 Å². The maximum Gasteiger partial charge on any atom is 0.124 e. The molecule has 2 N–H and O–H groups in total. The first-order valence-corrected chi connectivity index (χ1v) is 7.76. The normalized spacial score (nSPS) is 12.4. The summed E-state index contributed by atoms with van der Waals surface area (Å²) in [6, 6.07) is 8.23. The van der Waals surface area contributed by atoms with Crippen molar-refractivity contribution >= 4 is 0 Å². The summed E-state index contributed by atoms with van der Waals surface area (Å²) in [5, 5.41) is 0. The zero-order valence-electron chi connectivity index (χ0n) is 12.5. The van der Waals surface area contributed by atoms with E-state index in [1.165, 1.54) is 32.1 Å². The van der Waals surface area contributed by atoms with Gasteiger partial charge in [0.05, 0.1) is 6.61 Å². The van der Waals surface area contributed by atoms with E-state index in [0.717, 1.165) is 30.8 Å². The average molecular weight is 263 g/mol. The Morgan fingerprint density at radius 2 is 1.68 bits per heavy atom. The van der Waals surface area contributed by atoms with Gasteiger partial charge >= 0.3 is 0 Å². The van der Waals surface area contributed by atoms with E-state index in [2.05, 4.69) is 19.9 Å². The van der Waals surface area contributed by atoms with Crippen molar-refractivity contribution < 1.29 is 4.74 Å². The van der Waals surface area contributed by atoms with Crippen LogP contribution in [0.25, 0.3) is 0 Å². The molecule has 0 radical (unpaired) electrons. The second-order valence-electron chi connectivity index (χ2n) is 5.17. The second-order valence-corrected chi connectivity index (χ2v) is 5.17. The van der Waals surface area contributed by atoms with Crippen molar-refractivity contribution in [2.45, 2.75) is 64.8 Å². The lowest BCUT2D eigenvalue weighted by atomic mass is 10.0. The molecule has 0 saturated heterocycles. The third-order valence-corrected chi connectivity index (χ3v) is 3.51. The van der Waals surface area contributed by atoms with Gasteiger partial charge in [0.1, 0.15) is 5.75 Å². The highest BCUT2D eigenvalue weighted by Gasteiger charge is 2.09. The van der Waals surface area contributed by atoms with Gasteiger partial charge in [0.15, 0.2) is 0 Å². The number of hydrogen-bond donors (Lipinski definition) is 1. The van der Waals surface area contributed by atoms with E-state index < -0.39 is 0 Å². The summed E-state index contributed by atoms with van der Waals surface area (Å²) in [6.07, 6.45) is 8.69. The third kappa shape index (κ3) is 6.11. The predicted molar refractivity (Wildman–Crippen MR) is 82.5 cm³/mol. The van der Waals surface area contributed by atoms with E-state index in [9.17, 15) is 0 Å². The molecule has 0 bridgehead atoms. The molecule has 1 rings (SSSR count). The molecule has 2 nitrogen and oxygen atoms in total. The number of para-hydroxylation sites is 1. The highest BCUT2D eigenvalue weighted by molar-refractivity contribution is 5.35. The Kier molecular flexibility index (Phi) is 8.31. The minimum atomic E-state index is 0.0840. The summed E-state index contributed by atoms with van der Waals surface area (Å²) in [6.45, 7) is 5.16. The van der Waals surface area contributed by atoms with Crippen LogP contribution in [0.3, 0.4) is 0 Å². The zero-order valence-corrected chi connectivity index (χ0v) is 12.5. The first-order valence-electron chi connectivity index (χ1n) is 7.76. The Balaban J connectivity index is 2.29. The van der Waals surface area contributed by atoms with Crippen molar-refractivity contribution in [3.63, 3.8) is 0 Å². The number of ether oxygens (including phenoxy) is 1. The van der Waals surface area contributed by atoms with Gasteiger partial charge in [-0.2, -0.15) is 0 Å². The Morgan fingerprint density at radius 1 is 1.00 bits per heavy atom. The van der Waals surface area contributed by atoms with Crippen molar-refractivity contribution in [3.05, 3.63) is 29.8 Å². The van der Waals surface area contributed by atoms with Crippen LogP contribution in [-0.2, 0) is 0 Å². The fourth-order valence-corrected chi connectivity index (χ4v) is 2.20. The molecule has 1 aromatic rings. The minimum absolute atomic E-state index is 0.0840. The van der Waals surface area contributed by atoms with Crippen molar-refractivity contribution in [2.75, 3.05) is 6.61 Å². The van der Waals surface area contributed by atoms with Gasteiger partial charge in [-0.25, -0.2) is 0 Å². The summed E-state index contributed by atoms with van der Waals surface area (Å²) in [5.74, 6) is 0.963. The van der Waals surface area contributed by atoms with Gasteiger partial charge in [-0.3, -0.25) is 0 Å². The summed E-state index contributed by atoms with van der Waals surface area (Å²) in [7, 11) is 0. The SMILES string of the molecule is CCCCCCCCOc1ccccc1[C@H](N)CC. The van der Waals surface area contributed by atoms with E-state index >= 15 is 0 Å². The molecule has 0 amide bonds. The van der Waals surface area contributed by atoms with Crippen molar-refractivity contribution in [1.29, 1.82) is 0 Å². The van der Waals surface area contributed by atoms with E-state index in [0.29, 0.717) is 0 Å². The zero-order chi connectivity index (χ0) is 13.9. The lowest BCUT2D eigenvalue weighted by Crippen LogP contribution is -2.11. The lowest BCUT2D eigenvalue weighted by Gasteiger charge is -2.15. The minimum Gasteiger partial charge on any atom is -0.493 e. The molecule has 0 heterocycles. The van der Waals surface area contributed by atoms with Gasteiger partial charge in [-0.05, 0) is 18.9 Å². The number of benzene rings is 1. The number of hydrogen-bond acceptors (Lipinski definition) is 2. The number of rotatable bonds is 10. The van der Waals surface area contributed by atoms with Crippen LogP contribution in [0.5, 0.6) is 5.75 Å². The van der Waals surface area contributed by atoms with Gasteiger partial charge < -0.3 is 10.5 Å². The Morgan fingerprint density at radius 3 is 2.42 bits per heavy atom. The third-order valence-electron chi connectivity index (χ3n) is 3.51. The Bertz CT molecular complexity index is 338. The van der Waals surface area contributed by atoms with E-state index in [1.807, 2.05) is 18.2 Å². The van der Waals surface area contributed by atoms with Crippen LogP contribution in [0.2, 0.25) is 0 Å². The molecule has 108 valence electrons. The largest absolute Gasteiger partial charge is 0.493 e. The van der Waals surface area contributed by atoms with Gasteiger partial charge in [-0.15, -0.1) is 0 Å². The van der Waals surface area contributed by atoms with Gasteiger partial charge in [0.2, 0.25) is 0 Å². The molecule has 1 aromatic carbocycles. The molecular formula is C17H29NO. The molecular weight excluding hydrogens is 234 g/mol. The highest BCUT2D eigenvalue weighted by atomic mass is 16.5. The van der Waals surface area contributed by atoms with E-state index in [-0.39, 0.29) is 6.04 Å². The predicted octanol–water partition coefficient (Wildman–Crippen LogP) is 4.84. The Hall–Kier alpha value is -1.02. The standard InChI is InChI=1S/C17H29NO/c1-3-5-6-7-8-11-14-19-17-13-10-9-12-15(17)16(18)4-2/h9-10,12-13,16H,3-8,11,14,18H2,1-2H3/t16-/m1/s1. The topological polar surface area (TPSA) is 35.2 Å². The molecule has 0 aliphatic rings. The smallest absolute Gasteiger partial charge is 0.124 e. The van der Waals surface area contributed by atoms with Crippen LogP contribution in [-0.4, -0.2) is 6.61 Å². The van der Waals surface area contributed by atoms with Crippen LogP contribution >= 0.6 is 0 Å². The van der Waals surface area contributed by atoms with Crippen LogP contribution in [0.4, 0.5) is 0 Å². The van der Waals surface area contributed by atoms with Crippen LogP contribution in [0.15, 0.2) is 24.3 Å². The summed E-state index contributed by atoms with van der Waals surface area (Å²) in [4.78, 5) is 0. The molecule has 0 spiro atoms. The molecule has 0 aliphatic heterocycles. The van der Waals surface area contributed by atoms with E-state index in [4.69, 9.17) is 10.5 Å². The molecule has 0 saturated carbocycles. The van der Waals surface area contributed by atoms with Crippen LogP contribution in [0, 0.1) is 0 Å². The molecule has 0 unspecified atom stereocenters. The maximum atomic E-state index is 6.10. The highest BCUT2D eigenvalue weighted by Crippen LogP contribution is 2.25. The van der Waals surface area contributed by atoms with E-state index in [1.54, 1.807) is 0 Å². The first-order chi connectivity index (χ1) is 9.29. The summed E-state index contributed by atoms with van der Waals surface area (Å²) < 4.78 is 5.89. The quantitative estimate of drug-likeness (QED) is 0.613. The van der Waals surface area contributed by atoms with Crippen molar-refractivity contribution in [1.82, 2.24) is 0 Å². The fraction of sp³-hybridized carbons (Fsp3) is 0.647. The molecule has 1 atom stereocenters. The fourth-order valence-electron chi connectivity index (χ4n) is 2.20. The molecule has 0 aromatic heterocycles. The van der Waals surface area contributed by atoms with Crippen molar-refractivity contribution in [3.8, 4) is 5.75 Å².